The highest BCUT2D eigenvalue weighted by Crippen LogP contribution is 2.28. The second-order valence-corrected chi connectivity index (χ2v) is 7.63. The van der Waals surface area contributed by atoms with E-state index in [1.165, 1.54) is 11.3 Å². The molecule has 0 unspecified atom stereocenters. The summed E-state index contributed by atoms with van der Waals surface area (Å²) >= 11 is 1.49. The Bertz CT molecular complexity index is 490. The summed E-state index contributed by atoms with van der Waals surface area (Å²) in [5.74, 6) is 0.643. The van der Waals surface area contributed by atoms with Gasteiger partial charge in [0, 0.05) is 22.8 Å². The molecule has 4 nitrogen and oxygen atoms in total. The molecule has 0 aromatic carbocycles. The van der Waals surface area contributed by atoms with E-state index in [0.29, 0.717) is 10.8 Å². The first-order chi connectivity index (χ1) is 8.51. The second kappa shape index (κ2) is 5.69. The lowest BCUT2D eigenvalue weighted by Crippen LogP contribution is -2.43. The number of thiophene rings is 1. The van der Waals surface area contributed by atoms with Gasteiger partial charge in [-0.1, -0.05) is 13.8 Å². The Morgan fingerprint density at radius 1 is 1.44 bits per heavy atom. The maximum atomic E-state index is 12.1. The van der Waals surface area contributed by atoms with Crippen LogP contribution < -0.4 is 10.0 Å². The highest BCUT2D eigenvalue weighted by Gasteiger charge is 2.30. The van der Waals surface area contributed by atoms with E-state index < -0.39 is 10.0 Å². The van der Waals surface area contributed by atoms with Crippen molar-refractivity contribution >= 4 is 21.4 Å². The van der Waals surface area contributed by atoms with Crippen molar-refractivity contribution in [1.82, 2.24) is 10.0 Å². The fourth-order valence-corrected chi connectivity index (χ4v) is 4.63. The molecule has 6 heteroatoms. The van der Waals surface area contributed by atoms with Crippen molar-refractivity contribution in [2.45, 2.75) is 44.2 Å². The molecule has 18 heavy (non-hydrogen) atoms. The van der Waals surface area contributed by atoms with Crippen molar-refractivity contribution in [1.29, 1.82) is 0 Å². The van der Waals surface area contributed by atoms with E-state index >= 15 is 0 Å². The van der Waals surface area contributed by atoms with Gasteiger partial charge in [-0.25, -0.2) is 13.1 Å². The molecule has 1 aromatic heterocycles. The SMILES string of the molecule is CCNCc1cc(S(=O)(=O)NC2CC(C)C2)cs1. The van der Waals surface area contributed by atoms with Gasteiger partial charge >= 0.3 is 0 Å². The zero-order valence-electron chi connectivity index (χ0n) is 10.8. The smallest absolute Gasteiger partial charge is 0.241 e. The summed E-state index contributed by atoms with van der Waals surface area (Å²) in [6.45, 7) is 5.80. The summed E-state index contributed by atoms with van der Waals surface area (Å²) in [6.07, 6.45) is 1.90. The quantitative estimate of drug-likeness (QED) is 0.841. The van der Waals surface area contributed by atoms with E-state index in [4.69, 9.17) is 0 Å². The van der Waals surface area contributed by atoms with Crippen molar-refractivity contribution in [3.05, 3.63) is 16.3 Å². The molecule has 1 aliphatic rings. The van der Waals surface area contributed by atoms with Gasteiger partial charge in [0.1, 0.15) is 0 Å². The van der Waals surface area contributed by atoms with Crippen LogP contribution in [0, 0.1) is 5.92 Å². The van der Waals surface area contributed by atoms with Gasteiger partial charge in [0.15, 0.2) is 0 Å². The monoisotopic (exact) mass is 288 g/mol. The molecule has 102 valence electrons. The molecule has 0 bridgehead atoms. The third kappa shape index (κ3) is 3.32. The molecule has 2 rings (SSSR count). The molecule has 0 spiro atoms. The Kier molecular flexibility index (Phi) is 4.42. The zero-order valence-corrected chi connectivity index (χ0v) is 12.4. The van der Waals surface area contributed by atoms with Crippen molar-refractivity contribution < 1.29 is 8.42 Å². The fraction of sp³-hybridized carbons (Fsp3) is 0.667. The summed E-state index contributed by atoms with van der Waals surface area (Å²) in [6, 6.07) is 1.89. The molecular weight excluding hydrogens is 268 g/mol. The molecule has 0 radical (unpaired) electrons. The third-order valence-electron chi connectivity index (χ3n) is 3.18. The number of sulfonamides is 1. The van der Waals surface area contributed by atoms with E-state index in [2.05, 4.69) is 17.0 Å². The maximum absolute atomic E-state index is 12.1. The molecule has 0 atom stereocenters. The van der Waals surface area contributed by atoms with Gasteiger partial charge in [-0.15, -0.1) is 11.3 Å². The van der Waals surface area contributed by atoms with E-state index in [1.54, 1.807) is 11.4 Å². The highest BCUT2D eigenvalue weighted by molar-refractivity contribution is 7.89. The Morgan fingerprint density at radius 2 is 2.17 bits per heavy atom. The number of hydrogen-bond acceptors (Lipinski definition) is 4. The third-order valence-corrected chi connectivity index (χ3v) is 5.77. The minimum absolute atomic E-state index is 0.127. The molecule has 0 aliphatic heterocycles. The summed E-state index contributed by atoms with van der Waals surface area (Å²) in [7, 11) is -3.32. The average Bonchev–Trinajstić information content (AvgIpc) is 2.73. The molecular formula is C12H20N2O2S2. The van der Waals surface area contributed by atoms with Crippen LogP contribution in [0.15, 0.2) is 16.3 Å². The first-order valence-electron chi connectivity index (χ1n) is 6.31. The first-order valence-corrected chi connectivity index (χ1v) is 8.68. The lowest BCUT2D eigenvalue weighted by molar-refractivity contribution is 0.270. The molecule has 1 aromatic rings. The fourth-order valence-electron chi connectivity index (χ4n) is 2.13. The summed E-state index contributed by atoms with van der Waals surface area (Å²) < 4.78 is 27.0. The van der Waals surface area contributed by atoms with Crippen molar-refractivity contribution in [3.63, 3.8) is 0 Å². The topological polar surface area (TPSA) is 58.2 Å². The Labute approximate surface area is 113 Å². The molecule has 0 amide bonds. The van der Waals surface area contributed by atoms with Gasteiger partial charge in [-0.05, 0) is 31.4 Å². The Balaban J connectivity index is 1.98. The van der Waals surface area contributed by atoms with Crippen LogP contribution in [-0.2, 0) is 16.6 Å². The zero-order chi connectivity index (χ0) is 13.2. The van der Waals surface area contributed by atoms with Gasteiger partial charge in [0.25, 0.3) is 0 Å². The lowest BCUT2D eigenvalue weighted by Gasteiger charge is -2.32. The highest BCUT2D eigenvalue weighted by atomic mass is 32.2. The molecule has 1 fully saturated rings. The van der Waals surface area contributed by atoms with Crippen molar-refractivity contribution in [2.75, 3.05) is 6.54 Å². The van der Waals surface area contributed by atoms with E-state index in [1.807, 2.05) is 6.92 Å². The largest absolute Gasteiger partial charge is 0.312 e. The van der Waals surface area contributed by atoms with E-state index in [9.17, 15) is 8.42 Å². The van der Waals surface area contributed by atoms with E-state index in [0.717, 1.165) is 30.8 Å². The van der Waals surface area contributed by atoms with Crippen LogP contribution in [0.25, 0.3) is 0 Å². The van der Waals surface area contributed by atoms with Crippen LogP contribution in [0.4, 0.5) is 0 Å². The van der Waals surface area contributed by atoms with Crippen LogP contribution in [-0.4, -0.2) is 21.0 Å². The second-order valence-electron chi connectivity index (χ2n) is 4.92. The number of nitrogens with one attached hydrogen (secondary N) is 2. The number of hydrogen-bond donors (Lipinski definition) is 2. The standard InChI is InChI=1S/C12H20N2O2S2/c1-3-13-7-11-6-12(8-17-11)18(15,16)14-10-4-9(2)5-10/h6,8-10,13-14H,3-5,7H2,1-2H3. The minimum Gasteiger partial charge on any atom is -0.312 e. The molecule has 1 saturated carbocycles. The molecule has 1 aliphatic carbocycles. The van der Waals surface area contributed by atoms with Crippen LogP contribution in [0.1, 0.15) is 31.6 Å². The summed E-state index contributed by atoms with van der Waals surface area (Å²) in [5, 5.41) is 4.91. The van der Waals surface area contributed by atoms with Gasteiger partial charge in [0.2, 0.25) is 10.0 Å². The Hall–Kier alpha value is -0.430. The van der Waals surface area contributed by atoms with Crippen LogP contribution in [0.3, 0.4) is 0 Å². The predicted molar refractivity (Wildman–Crippen MR) is 74.2 cm³/mol. The molecule has 1 heterocycles. The normalized spacial score (nSPS) is 23.9. The van der Waals surface area contributed by atoms with Gasteiger partial charge < -0.3 is 5.32 Å². The van der Waals surface area contributed by atoms with Crippen molar-refractivity contribution in [2.24, 2.45) is 5.92 Å². The number of rotatable bonds is 6. The van der Waals surface area contributed by atoms with Crippen LogP contribution in [0.2, 0.25) is 0 Å². The first kappa shape index (κ1) is 14.0. The van der Waals surface area contributed by atoms with E-state index in [-0.39, 0.29) is 6.04 Å². The van der Waals surface area contributed by atoms with Gasteiger partial charge in [0.05, 0.1) is 4.90 Å². The van der Waals surface area contributed by atoms with Gasteiger partial charge in [-0.2, -0.15) is 0 Å². The Morgan fingerprint density at radius 3 is 2.78 bits per heavy atom. The van der Waals surface area contributed by atoms with Crippen molar-refractivity contribution in [3.8, 4) is 0 Å². The average molecular weight is 288 g/mol. The predicted octanol–water partition coefficient (Wildman–Crippen LogP) is 1.93. The van der Waals surface area contributed by atoms with Gasteiger partial charge in [-0.3, -0.25) is 0 Å². The lowest BCUT2D eigenvalue weighted by atomic mass is 9.83. The van der Waals surface area contributed by atoms with Crippen LogP contribution in [0.5, 0.6) is 0 Å². The maximum Gasteiger partial charge on any atom is 0.241 e. The minimum atomic E-state index is -3.32. The summed E-state index contributed by atoms with van der Waals surface area (Å²) in [5.41, 5.74) is 0. The van der Waals surface area contributed by atoms with Crippen LogP contribution >= 0.6 is 11.3 Å². The molecule has 2 N–H and O–H groups in total. The summed E-state index contributed by atoms with van der Waals surface area (Å²) in [4.78, 5) is 1.46. The molecule has 0 saturated heterocycles.